The van der Waals surface area contributed by atoms with E-state index in [4.69, 9.17) is 23.4 Å². The molecule has 1 N–H and O–H groups in total. The number of hydrogen-bond acceptors (Lipinski definition) is 8. The molecule has 0 aliphatic heterocycles. The maximum Gasteiger partial charge on any atom is 0.203 e. The van der Waals surface area contributed by atoms with Crippen LogP contribution < -0.4 is 18.9 Å². The number of carbonyl (C=O) groups is 1. The highest BCUT2D eigenvalue weighted by atomic mass is 16.5. The predicted molar refractivity (Wildman–Crippen MR) is 130 cm³/mol. The van der Waals surface area contributed by atoms with Crippen molar-refractivity contribution in [1.29, 1.82) is 0 Å². The van der Waals surface area contributed by atoms with Crippen LogP contribution in [0.15, 0.2) is 41.1 Å². The van der Waals surface area contributed by atoms with E-state index in [9.17, 15) is 9.90 Å². The van der Waals surface area contributed by atoms with Gasteiger partial charge in [0.15, 0.2) is 28.6 Å². The number of fused-ring (bicyclic) bond motifs is 1. The quantitative estimate of drug-likeness (QED) is 0.337. The van der Waals surface area contributed by atoms with E-state index in [1.807, 2.05) is 6.20 Å². The zero-order valence-electron chi connectivity index (χ0n) is 20.5. The van der Waals surface area contributed by atoms with Gasteiger partial charge in [-0.3, -0.25) is 9.48 Å². The SMILES string of the molecule is COc1cc(C(=O)c2c(-c3cnn(CC(C)C)c3)oc3c(O)c(OC)ccc23)cc(OC)c1OC. The van der Waals surface area contributed by atoms with Crippen LogP contribution in [0.1, 0.15) is 29.8 Å². The minimum absolute atomic E-state index is 0.145. The van der Waals surface area contributed by atoms with E-state index in [2.05, 4.69) is 18.9 Å². The van der Waals surface area contributed by atoms with Gasteiger partial charge in [0.25, 0.3) is 0 Å². The molecule has 0 spiro atoms. The molecule has 0 unspecified atom stereocenters. The van der Waals surface area contributed by atoms with Gasteiger partial charge in [-0.25, -0.2) is 0 Å². The molecule has 0 aliphatic rings. The number of rotatable bonds is 9. The fourth-order valence-electron chi connectivity index (χ4n) is 4.03. The minimum Gasteiger partial charge on any atom is -0.502 e. The monoisotopic (exact) mass is 480 g/mol. The smallest absolute Gasteiger partial charge is 0.203 e. The minimum atomic E-state index is -0.348. The largest absolute Gasteiger partial charge is 0.502 e. The van der Waals surface area contributed by atoms with Crippen LogP contribution in [0, 0.1) is 5.92 Å². The fourth-order valence-corrected chi connectivity index (χ4v) is 4.03. The van der Waals surface area contributed by atoms with Gasteiger partial charge in [0, 0.05) is 23.7 Å². The van der Waals surface area contributed by atoms with Gasteiger partial charge in [-0.15, -0.1) is 0 Å². The molecule has 9 nitrogen and oxygen atoms in total. The Morgan fingerprint density at radius 2 is 1.69 bits per heavy atom. The lowest BCUT2D eigenvalue weighted by molar-refractivity contribution is 0.103. The lowest BCUT2D eigenvalue weighted by atomic mass is 9.97. The summed E-state index contributed by atoms with van der Waals surface area (Å²) in [7, 11) is 5.91. The number of phenols is 1. The van der Waals surface area contributed by atoms with Crippen molar-refractivity contribution in [2.75, 3.05) is 28.4 Å². The van der Waals surface area contributed by atoms with Crippen molar-refractivity contribution in [3.63, 3.8) is 0 Å². The van der Waals surface area contributed by atoms with Crippen molar-refractivity contribution in [1.82, 2.24) is 9.78 Å². The number of aromatic hydroxyl groups is 1. The first-order valence-corrected chi connectivity index (χ1v) is 11.0. The zero-order chi connectivity index (χ0) is 25.3. The molecule has 0 fully saturated rings. The molecule has 9 heteroatoms. The normalized spacial score (nSPS) is 11.2. The number of ketones is 1. The Morgan fingerprint density at radius 3 is 2.26 bits per heavy atom. The van der Waals surface area contributed by atoms with Crippen LogP contribution in [-0.4, -0.2) is 49.1 Å². The third-order valence-electron chi connectivity index (χ3n) is 5.62. The van der Waals surface area contributed by atoms with Crippen LogP contribution in [0.5, 0.6) is 28.7 Å². The molecule has 0 aliphatic carbocycles. The second-order valence-electron chi connectivity index (χ2n) is 8.39. The summed E-state index contributed by atoms with van der Waals surface area (Å²) >= 11 is 0. The second kappa shape index (κ2) is 9.61. The maximum atomic E-state index is 13.9. The number of benzene rings is 2. The number of ether oxygens (including phenoxy) is 4. The highest BCUT2D eigenvalue weighted by Crippen LogP contribution is 2.44. The first kappa shape index (κ1) is 24.0. The molecular weight excluding hydrogens is 452 g/mol. The van der Waals surface area contributed by atoms with Crippen LogP contribution in [0.25, 0.3) is 22.3 Å². The van der Waals surface area contributed by atoms with E-state index in [-0.39, 0.29) is 34.2 Å². The molecule has 4 aromatic rings. The first-order chi connectivity index (χ1) is 16.8. The van der Waals surface area contributed by atoms with Gasteiger partial charge in [-0.05, 0) is 30.2 Å². The van der Waals surface area contributed by atoms with Gasteiger partial charge in [0.1, 0.15) is 5.76 Å². The van der Waals surface area contributed by atoms with Crippen LogP contribution >= 0.6 is 0 Å². The molecule has 35 heavy (non-hydrogen) atoms. The summed E-state index contributed by atoms with van der Waals surface area (Å²) in [6, 6.07) is 6.44. The second-order valence-corrected chi connectivity index (χ2v) is 8.39. The van der Waals surface area contributed by atoms with Gasteiger partial charge in [0.05, 0.1) is 45.8 Å². The Labute approximate surface area is 202 Å². The number of carbonyl (C=O) groups excluding carboxylic acids is 1. The van der Waals surface area contributed by atoms with E-state index in [0.717, 1.165) is 0 Å². The van der Waals surface area contributed by atoms with Gasteiger partial charge in [-0.1, -0.05) is 13.8 Å². The Balaban J connectivity index is 1.95. The molecule has 0 saturated heterocycles. The molecule has 0 radical (unpaired) electrons. The average Bonchev–Trinajstić information content (AvgIpc) is 3.47. The van der Waals surface area contributed by atoms with Crippen LogP contribution in [0.4, 0.5) is 0 Å². The van der Waals surface area contributed by atoms with E-state index in [1.165, 1.54) is 28.4 Å². The van der Waals surface area contributed by atoms with Gasteiger partial charge in [-0.2, -0.15) is 5.10 Å². The number of nitrogens with zero attached hydrogens (tertiary/aromatic N) is 2. The summed E-state index contributed by atoms with van der Waals surface area (Å²) in [5.41, 5.74) is 1.33. The molecule has 4 rings (SSSR count). The van der Waals surface area contributed by atoms with Crippen molar-refractivity contribution in [2.45, 2.75) is 20.4 Å². The zero-order valence-corrected chi connectivity index (χ0v) is 20.5. The van der Waals surface area contributed by atoms with E-state index in [1.54, 1.807) is 35.1 Å². The molecular formula is C26H28N2O7. The van der Waals surface area contributed by atoms with Gasteiger partial charge < -0.3 is 28.5 Å². The Hall–Kier alpha value is -4.14. The summed E-state index contributed by atoms with van der Waals surface area (Å²) in [6.07, 6.45) is 3.46. The van der Waals surface area contributed by atoms with Crippen molar-refractivity contribution in [3.8, 4) is 40.1 Å². The van der Waals surface area contributed by atoms with E-state index < -0.39 is 0 Å². The molecule has 0 atom stereocenters. The van der Waals surface area contributed by atoms with Crippen molar-refractivity contribution >= 4 is 16.8 Å². The fraction of sp³-hybridized carbons (Fsp3) is 0.308. The standard InChI is InChI=1S/C26H28N2O7/c1-14(2)12-28-13-16(11-27-28)24-21(17-7-8-18(31-3)23(30)25(17)35-24)22(29)15-9-19(32-4)26(34-6)20(10-15)33-5/h7-11,13-14,30H,12H2,1-6H3. The highest BCUT2D eigenvalue weighted by Gasteiger charge is 2.28. The van der Waals surface area contributed by atoms with Gasteiger partial charge in [0.2, 0.25) is 11.5 Å². The van der Waals surface area contributed by atoms with Crippen molar-refractivity contribution < 1.29 is 33.3 Å². The lowest BCUT2D eigenvalue weighted by Crippen LogP contribution is -2.05. The number of phenolic OH excluding ortho intramolecular Hbond substituents is 1. The van der Waals surface area contributed by atoms with Crippen molar-refractivity contribution in [2.24, 2.45) is 5.92 Å². The molecule has 184 valence electrons. The molecule has 0 bridgehead atoms. The predicted octanol–water partition coefficient (Wildman–Crippen LogP) is 4.92. The topological polar surface area (TPSA) is 105 Å². The van der Waals surface area contributed by atoms with Crippen molar-refractivity contribution in [3.05, 3.63) is 47.8 Å². The number of furan rings is 1. The summed E-state index contributed by atoms with van der Waals surface area (Å²) in [5, 5.41) is 15.6. The molecule has 2 heterocycles. The number of hydrogen-bond donors (Lipinski definition) is 1. The molecule has 0 saturated carbocycles. The Kier molecular flexibility index (Phi) is 6.59. The maximum absolute atomic E-state index is 13.9. The van der Waals surface area contributed by atoms with Crippen LogP contribution in [0.2, 0.25) is 0 Å². The molecule has 2 aromatic heterocycles. The van der Waals surface area contributed by atoms with Crippen LogP contribution in [-0.2, 0) is 6.54 Å². The molecule has 2 aromatic carbocycles. The van der Waals surface area contributed by atoms with Crippen LogP contribution in [0.3, 0.4) is 0 Å². The summed E-state index contributed by atoms with van der Waals surface area (Å²) in [5.74, 6) is 1.44. The molecule has 0 amide bonds. The summed E-state index contributed by atoms with van der Waals surface area (Å²) < 4.78 is 29.3. The first-order valence-electron chi connectivity index (χ1n) is 11.0. The Morgan fingerprint density at radius 1 is 1.03 bits per heavy atom. The Bertz CT molecular complexity index is 1360. The van der Waals surface area contributed by atoms with Gasteiger partial charge >= 0.3 is 0 Å². The summed E-state index contributed by atoms with van der Waals surface area (Å²) in [4.78, 5) is 13.9. The lowest BCUT2D eigenvalue weighted by Gasteiger charge is -2.13. The third-order valence-corrected chi connectivity index (χ3v) is 5.62. The van der Waals surface area contributed by atoms with E-state index in [0.29, 0.717) is 46.2 Å². The number of methoxy groups -OCH3 is 4. The highest BCUT2D eigenvalue weighted by molar-refractivity contribution is 6.20. The van der Waals surface area contributed by atoms with E-state index >= 15 is 0 Å². The summed E-state index contributed by atoms with van der Waals surface area (Å²) in [6.45, 7) is 4.88. The average molecular weight is 481 g/mol. The third kappa shape index (κ3) is 4.25. The number of aromatic nitrogens is 2.